The van der Waals surface area contributed by atoms with Crippen LogP contribution in [-0.2, 0) is 4.79 Å². The van der Waals surface area contributed by atoms with Crippen molar-refractivity contribution >= 4 is 17.4 Å². The summed E-state index contributed by atoms with van der Waals surface area (Å²) in [4.78, 5) is 23.4. The lowest BCUT2D eigenvalue weighted by Crippen LogP contribution is -2.16. The van der Waals surface area contributed by atoms with E-state index in [1.54, 1.807) is 13.0 Å². The van der Waals surface area contributed by atoms with Gasteiger partial charge in [0.2, 0.25) is 0 Å². The molecule has 1 heterocycles. The zero-order chi connectivity index (χ0) is 14.0. The number of aromatic amines is 2. The lowest BCUT2D eigenvalue weighted by molar-refractivity contribution is -0.117. The highest BCUT2D eigenvalue weighted by atomic mass is 35.5. The molecule has 0 aliphatic heterocycles. The van der Waals surface area contributed by atoms with Crippen molar-refractivity contribution in [3.63, 3.8) is 0 Å². The van der Waals surface area contributed by atoms with Gasteiger partial charge in [-0.1, -0.05) is 29.8 Å². The minimum atomic E-state index is -0.318. The molecule has 100 valence electrons. The molecule has 4 nitrogen and oxygen atoms in total. The lowest BCUT2D eigenvalue weighted by atomic mass is 9.87. The number of aryl methyl sites for hydroxylation is 1. The third-order valence-electron chi connectivity index (χ3n) is 3.13. The molecule has 1 unspecified atom stereocenters. The Balaban J connectivity index is 2.57. The number of hydrogen-bond donors (Lipinski definition) is 2. The molecule has 0 aliphatic rings. The van der Waals surface area contributed by atoms with Gasteiger partial charge in [-0.2, -0.15) is 0 Å². The third kappa shape index (κ3) is 2.79. The molecule has 2 rings (SSSR count). The van der Waals surface area contributed by atoms with Crippen molar-refractivity contribution in [1.29, 1.82) is 0 Å². The van der Waals surface area contributed by atoms with E-state index in [1.165, 1.54) is 6.92 Å². The van der Waals surface area contributed by atoms with E-state index < -0.39 is 0 Å². The number of carbonyl (C=O) groups excluding carboxylic acids is 1. The second kappa shape index (κ2) is 5.45. The zero-order valence-corrected chi connectivity index (χ0v) is 11.5. The molecule has 0 saturated heterocycles. The third-order valence-corrected chi connectivity index (χ3v) is 3.48. The molecule has 19 heavy (non-hydrogen) atoms. The van der Waals surface area contributed by atoms with Crippen molar-refractivity contribution in [2.75, 3.05) is 0 Å². The minimum absolute atomic E-state index is 0.0184. The number of aromatic nitrogens is 2. The number of Topliss-reactive ketones (excluding diaryl/α,β-unsaturated/α-hetero) is 1. The van der Waals surface area contributed by atoms with Gasteiger partial charge in [-0.05, 0) is 25.5 Å². The maximum Gasteiger partial charge on any atom is 0.267 e. The average molecular weight is 279 g/mol. The van der Waals surface area contributed by atoms with Crippen LogP contribution in [0.15, 0.2) is 29.1 Å². The van der Waals surface area contributed by atoms with E-state index in [0.717, 1.165) is 11.3 Å². The van der Waals surface area contributed by atoms with Gasteiger partial charge in [0.1, 0.15) is 5.78 Å². The number of nitrogens with one attached hydrogen (secondary N) is 2. The van der Waals surface area contributed by atoms with Crippen molar-refractivity contribution in [1.82, 2.24) is 10.2 Å². The first-order valence-corrected chi connectivity index (χ1v) is 6.39. The first kappa shape index (κ1) is 13.6. The molecule has 0 spiro atoms. The first-order valence-electron chi connectivity index (χ1n) is 6.01. The summed E-state index contributed by atoms with van der Waals surface area (Å²) >= 11 is 6.19. The van der Waals surface area contributed by atoms with Gasteiger partial charge in [0.05, 0.1) is 0 Å². The summed E-state index contributed by atoms with van der Waals surface area (Å²) in [5.74, 6) is -0.300. The Morgan fingerprint density at radius 2 is 2.00 bits per heavy atom. The van der Waals surface area contributed by atoms with Crippen LogP contribution >= 0.6 is 11.6 Å². The molecule has 2 N–H and O–H groups in total. The second-order valence-electron chi connectivity index (χ2n) is 4.60. The number of ketones is 1. The molecule has 1 aromatic heterocycles. The van der Waals surface area contributed by atoms with Gasteiger partial charge in [0.15, 0.2) is 0 Å². The molecule has 0 bridgehead atoms. The van der Waals surface area contributed by atoms with E-state index in [2.05, 4.69) is 10.2 Å². The highest BCUT2D eigenvalue weighted by Crippen LogP contribution is 2.32. The Kier molecular flexibility index (Phi) is 3.90. The van der Waals surface area contributed by atoms with Crippen LogP contribution in [0, 0.1) is 6.92 Å². The summed E-state index contributed by atoms with van der Waals surface area (Å²) in [6.45, 7) is 3.32. The van der Waals surface area contributed by atoms with Gasteiger partial charge in [-0.3, -0.25) is 14.7 Å². The van der Waals surface area contributed by atoms with E-state index in [-0.39, 0.29) is 23.7 Å². The van der Waals surface area contributed by atoms with Gasteiger partial charge in [0, 0.05) is 28.6 Å². The zero-order valence-electron chi connectivity index (χ0n) is 10.8. The van der Waals surface area contributed by atoms with Crippen LogP contribution in [0.3, 0.4) is 0 Å². The summed E-state index contributed by atoms with van der Waals surface area (Å²) in [5, 5.41) is 5.90. The Morgan fingerprint density at radius 1 is 1.32 bits per heavy atom. The van der Waals surface area contributed by atoms with Gasteiger partial charge in [0.25, 0.3) is 5.56 Å². The number of carbonyl (C=O) groups is 1. The molecule has 0 aliphatic carbocycles. The van der Waals surface area contributed by atoms with Crippen molar-refractivity contribution in [3.05, 3.63) is 56.5 Å². The van der Waals surface area contributed by atoms with E-state index in [4.69, 9.17) is 11.6 Å². The predicted octanol–water partition coefficient (Wildman–Crippen LogP) is 2.78. The van der Waals surface area contributed by atoms with Gasteiger partial charge in [-0.25, -0.2) is 0 Å². The molecule has 0 amide bonds. The van der Waals surface area contributed by atoms with E-state index >= 15 is 0 Å². The number of halogens is 1. The van der Waals surface area contributed by atoms with E-state index in [9.17, 15) is 9.59 Å². The molecule has 0 saturated carbocycles. The Hall–Kier alpha value is -1.81. The van der Waals surface area contributed by atoms with Gasteiger partial charge >= 0.3 is 0 Å². The van der Waals surface area contributed by atoms with Crippen LogP contribution in [0.2, 0.25) is 5.02 Å². The fraction of sp³-hybridized carbons (Fsp3) is 0.286. The molecular formula is C14H15ClN2O2. The maximum absolute atomic E-state index is 11.9. The quantitative estimate of drug-likeness (QED) is 0.903. The van der Waals surface area contributed by atoms with Crippen LogP contribution in [0.4, 0.5) is 0 Å². The van der Waals surface area contributed by atoms with E-state index in [0.29, 0.717) is 10.6 Å². The molecule has 1 aromatic carbocycles. The maximum atomic E-state index is 11.9. The lowest BCUT2D eigenvalue weighted by Gasteiger charge is -2.16. The fourth-order valence-electron chi connectivity index (χ4n) is 2.29. The topological polar surface area (TPSA) is 65.7 Å². The largest absolute Gasteiger partial charge is 0.302 e. The Bertz CT molecular complexity index is 657. The minimum Gasteiger partial charge on any atom is -0.302 e. The van der Waals surface area contributed by atoms with E-state index in [1.807, 2.05) is 18.2 Å². The molecule has 0 fully saturated rings. The first-order chi connectivity index (χ1) is 9.00. The van der Waals surface area contributed by atoms with Crippen LogP contribution in [0.5, 0.6) is 0 Å². The monoisotopic (exact) mass is 278 g/mol. The van der Waals surface area contributed by atoms with Crippen molar-refractivity contribution in [3.8, 4) is 0 Å². The van der Waals surface area contributed by atoms with Crippen molar-refractivity contribution in [2.24, 2.45) is 0 Å². The average Bonchev–Trinajstić information content (AvgIpc) is 2.67. The normalized spacial score (nSPS) is 12.4. The van der Waals surface area contributed by atoms with Crippen LogP contribution in [0.25, 0.3) is 0 Å². The number of H-pyrrole nitrogens is 2. The second-order valence-corrected chi connectivity index (χ2v) is 5.01. The molecular weight excluding hydrogens is 264 g/mol. The fourth-order valence-corrected chi connectivity index (χ4v) is 2.56. The number of hydrogen-bond acceptors (Lipinski definition) is 2. The summed E-state index contributed by atoms with van der Waals surface area (Å²) in [6.07, 6.45) is 0.255. The molecule has 2 aromatic rings. The van der Waals surface area contributed by atoms with Crippen molar-refractivity contribution < 1.29 is 4.79 Å². The SMILES string of the molecule is CC(=O)CC(c1ccccc1Cl)c1c(C)[nH][nH]c1=O. The molecule has 5 heteroatoms. The van der Waals surface area contributed by atoms with Crippen LogP contribution in [-0.4, -0.2) is 16.0 Å². The summed E-state index contributed by atoms with van der Waals surface area (Å²) in [7, 11) is 0. The summed E-state index contributed by atoms with van der Waals surface area (Å²) < 4.78 is 0. The Morgan fingerprint density at radius 3 is 2.53 bits per heavy atom. The summed E-state index contributed by atoms with van der Waals surface area (Å²) in [6, 6.07) is 7.29. The Labute approximate surface area is 115 Å². The summed E-state index contributed by atoms with van der Waals surface area (Å²) in [5.41, 5.74) is 1.90. The predicted molar refractivity (Wildman–Crippen MR) is 74.7 cm³/mol. The van der Waals surface area contributed by atoms with Crippen LogP contribution in [0.1, 0.15) is 36.1 Å². The van der Waals surface area contributed by atoms with Crippen molar-refractivity contribution in [2.45, 2.75) is 26.2 Å². The van der Waals surface area contributed by atoms with Gasteiger partial charge < -0.3 is 5.10 Å². The highest BCUT2D eigenvalue weighted by molar-refractivity contribution is 6.31. The standard InChI is InChI=1S/C14H15ClN2O2/c1-8(18)7-11(10-5-3-4-6-12(10)15)13-9(2)16-17-14(13)19/h3-6,11H,7H2,1-2H3,(H2,16,17,19). The number of benzene rings is 1. The highest BCUT2D eigenvalue weighted by Gasteiger charge is 2.24. The van der Waals surface area contributed by atoms with Gasteiger partial charge in [-0.15, -0.1) is 0 Å². The number of rotatable bonds is 4. The van der Waals surface area contributed by atoms with Crippen LogP contribution < -0.4 is 5.56 Å². The molecule has 0 radical (unpaired) electrons. The smallest absolute Gasteiger partial charge is 0.267 e. The molecule has 1 atom stereocenters.